The number of thiazole rings is 1. The summed E-state index contributed by atoms with van der Waals surface area (Å²) in [4.78, 5) is 42.9. The monoisotopic (exact) mass is 1070 g/mol. The molecule has 5 N–H and O–H groups in total. The molecule has 1 aliphatic carbocycles. The molecule has 1 saturated carbocycles. The lowest BCUT2D eigenvalue weighted by Crippen LogP contribution is -2.59. The van der Waals surface area contributed by atoms with Gasteiger partial charge in [0.1, 0.15) is 17.7 Å². The largest absolute Gasteiger partial charge is 0.507 e. The van der Waals surface area contributed by atoms with Gasteiger partial charge in [0.15, 0.2) is 17.4 Å². The Balaban J connectivity index is 0.624. The van der Waals surface area contributed by atoms with Gasteiger partial charge in [0.2, 0.25) is 11.8 Å². The van der Waals surface area contributed by atoms with Gasteiger partial charge in [-0.3, -0.25) is 19.2 Å². The molecule has 2 amide bonds. The molecular weight excluding hydrogens is 993 g/mol. The summed E-state index contributed by atoms with van der Waals surface area (Å²) >= 11 is 1.60. The number of phenolic OH excluding ortho intramolecular Hbond substituents is 1. The van der Waals surface area contributed by atoms with Crippen LogP contribution < -0.4 is 16.0 Å². The highest BCUT2D eigenvalue weighted by Gasteiger charge is 2.49. The number of nitrogens with two attached hydrogens (primary N) is 1. The molecule has 0 radical (unpaired) electrons. The van der Waals surface area contributed by atoms with E-state index in [0.29, 0.717) is 46.8 Å². The van der Waals surface area contributed by atoms with Crippen molar-refractivity contribution in [3.8, 4) is 38.6 Å². The number of benzene rings is 2. The molecule has 4 saturated heterocycles. The third-order valence-electron chi connectivity index (χ3n) is 17.6. The Labute approximate surface area is 455 Å². The minimum atomic E-state index is -0.799. The Hall–Kier alpha value is -6.25. The Morgan fingerprint density at radius 1 is 0.935 bits per heavy atom. The summed E-state index contributed by atoms with van der Waals surface area (Å²) in [5.74, 6) is 1.02. The molecule has 11 rings (SSSR count). The first-order chi connectivity index (χ1) is 37.2. The predicted molar refractivity (Wildman–Crippen MR) is 296 cm³/mol. The SMILES string of the molecule is Cc1ncsc1-c1ccc([C@H](C)NC(=O)[C@@H]2C[C@@H](O)CN2C(=O)[C@@H](c2cc(N3CCC(CN4CCC5(CC4)CC(N4CCO[C@@H](C(C)n6cc(-c7cc(-c8ccccc8O)nnc7N)cn6)C4)C5)CC3)no2)C(C)C)cc1. The van der Waals surface area contributed by atoms with E-state index in [2.05, 4.69) is 47.3 Å². The number of likely N-dealkylation sites (tertiary alicyclic amines) is 2. The number of rotatable bonds is 15. The van der Waals surface area contributed by atoms with Crippen LogP contribution in [0, 0.1) is 24.2 Å². The maximum absolute atomic E-state index is 14.4. The van der Waals surface area contributed by atoms with E-state index in [9.17, 15) is 19.8 Å². The van der Waals surface area contributed by atoms with Gasteiger partial charge in [0.05, 0.1) is 58.9 Å². The number of aliphatic hydroxyl groups is 1. The highest BCUT2D eigenvalue weighted by atomic mass is 32.1. The number of para-hydroxylation sites is 1. The minimum absolute atomic E-state index is 0.00814. The Morgan fingerprint density at radius 2 is 1.70 bits per heavy atom. The normalized spacial score (nSPS) is 22.8. The van der Waals surface area contributed by atoms with Crippen LogP contribution in [0.4, 0.5) is 11.6 Å². The molecule has 4 aromatic heterocycles. The molecule has 6 aromatic rings. The fourth-order valence-corrected chi connectivity index (χ4v) is 13.7. The smallest absolute Gasteiger partial charge is 0.243 e. The van der Waals surface area contributed by atoms with Gasteiger partial charge in [-0.1, -0.05) is 55.4 Å². The van der Waals surface area contributed by atoms with Crippen molar-refractivity contribution in [1.29, 1.82) is 0 Å². The number of nitrogens with zero attached hydrogens (tertiary/aromatic N) is 10. The molecule has 18 nitrogen and oxygen atoms in total. The number of carbonyl (C=O) groups excluding carboxylic acids is 2. The van der Waals surface area contributed by atoms with E-state index in [1.807, 2.05) is 98.8 Å². The number of hydrogen-bond acceptors (Lipinski definition) is 16. The highest BCUT2D eigenvalue weighted by Crippen LogP contribution is 2.51. The minimum Gasteiger partial charge on any atom is -0.507 e. The average molecular weight is 1070 g/mol. The van der Waals surface area contributed by atoms with Gasteiger partial charge in [-0.15, -0.1) is 21.5 Å². The number of carbonyl (C=O) groups is 2. The molecule has 2 aromatic carbocycles. The number of piperidine rings is 2. The van der Waals surface area contributed by atoms with Gasteiger partial charge in [0.25, 0.3) is 0 Å². The molecule has 4 aliphatic heterocycles. The molecule has 8 heterocycles. The summed E-state index contributed by atoms with van der Waals surface area (Å²) in [6, 6.07) is 18.5. The molecule has 408 valence electrons. The summed E-state index contributed by atoms with van der Waals surface area (Å²) in [5, 5.41) is 42.0. The number of morpholine rings is 1. The van der Waals surface area contributed by atoms with Crippen LogP contribution in [0.25, 0.3) is 32.8 Å². The van der Waals surface area contributed by atoms with E-state index < -0.39 is 18.1 Å². The van der Waals surface area contributed by atoms with Gasteiger partial charge in [-0.25, -0.2) is 4.98 Å². The fraction of sp³-hybridized carbons (Fsp3) is 0.534. The van der Waals surface area contributed by atoms with Crippen LogP contribution in [0.1, 0.15) is 108 Å². The van der Waals surface area contributed by atoms with Crippen molar-refractivity contribution < 1.29 is 29.1 Å². The molecule has 1 unspecified atom stereocenters. The second-order valence-corrected chi connectivity index (χ2v) is 23.9. The van der Waals surface area contributed by atoms with Crippen molar-refractivity contribution in [1.82, 2.24) is 50.1 Å². The van der Waals surface area contributed by atoms with Gasteiger partial charge >= 0.3 is 0 Å². The molecule has 5 fully saturated rings. The number of aromatic hydroxyl groups is 1. The number of nitrogen functional groups attached to an aromatic ring is 1. The van der Waals surface area contributed by atoms with Crippen LogP contribution in [-0.4, -0.2) is 150 Å². The van der Waals surface area contributed by atoms with Crippen molar-refractivity contribution >= 4 is 34.8 Å². The molecule has 19 heteroatoms. The van der Waals surface area contributed by atoms with Crippen molar-refractivity contribution in [3.63, 3.8) is 0 Å². The van der Waals surface area contributed by atoms with Gasteiger partial charge in [0, 0.05) is 80.7 Å². The van der Waals surface area contributed by atoms with E-state index in [0.717, 1.165) is 97.3 Å². The van der Waals surface area contributed by atoms with Crippen molar-refractivity contribution in [3.05, 3.63) is 95.6 Å². The molecule has 6 atom stereocenters. The van der Waals surface area contributed by atoms with Crippen LogP contribution in [0.15, 0.2) is 83.1 Å². The number of aryl methyl sites for hydroxylation is 1. The van der Waals surface area contributed by atoms with E-state index in [1.54, 1.807) is 28.4 Å². The Kier molecular flexibility index (Phi) is 15.2. The zero-order chi connectivity index (χ0) is 53.5. The van der Waals surface area contributed by atoms with Crippen LogP contribution in [-0.2, 0) is 14.3 Å². The van der Waals surface area contributed by atoms with Gasteiger partial charge in [-0.05, 0) is 119 Å². The first-order valence-corrected chi connectivity index (χ1v) is 28.6. The molecular formula is C58H74N12O6S. The Bertz CT molecular complexity index is 3010. The second kappa shape index (κ2) is 22.2. The quantitative estimate of drug-likeness (QED) is 0.0774. The van der Waals surface area contributed by atoms with Crippen LogP contribution in [0.5, 0.6) is 5.75 Å². The number of hydrogen-bond donors (Lipinski definition) is 4. The molecule has 5 aliphatic rings. The average Bonchev–Trinajstić information content (AvgIpc) is 4.29. The maximum atomic E-state index is 14.4. The number of anilines is 2. The highest BCUT2D eigenvalue weighted by molar-refractivity contribution is 7.13. The maximum Gasteiger partial charge on any atom is 0.243 e. The summed E-state index contributed by atoms with van der Waals surface area (Å²) in [6.45, 7) is 17.9. The molecule has 1 spiro atoms. The number of aliphatic hydroxyl groups excluding tert-OH is 1. The number of aromatic nitrogens is 6. The summed E-state index contributed by atoms with van der Waals surface area (Å²) in [6.07, 6.45) is 10.4. The van der Waals surface area contributed by atoms with E-state index in [4.69, 9.17) is 20.1 Å². The third kappa shape index (κ3) is 11.1. The lowest BCUT2D eigenvalue weighted by atomic mass is 9.60. The van der Waals surface area contributed by atoms with Gasteiger partial charge < -0.3 is 45.2 Å². The zero-order valence-corrected chi connectivity index (χ0v) is 45.8. The standard InChI is InChI=1S/C58H74N12O6S/c1-35(2)53(57(74)69-32-44(71)24-48(69)56(73)62-36(3)40-10-12-41(13-11-40)54-37(4)60-34-77-54)50-26-52(65-76-50)67-18-14-39(15-19-67)30-66-20-16-58(17-21-66)27-43(28-58)68-22-23-75-51(33-68)38(5)70-31-42(29-61-70)46-25-47(63-64-55(46)59)45-8-6-7-9-49(45)72/h6-13,25-26,29,31,34-36,38-39,43-44,48,51,53,71-72H,14-24,27-28,30,32-33H2,1-5H3,(H2,59,64)(H,62,73)/t36-,38?,44+,48-,51+,53+/m0/s1. The first kappa shape index (κ1) is 52.8. The number of phenols is 1. The van der Waals surface area contributed by atoms with Crippen molar-refractivity contribution in [2.45, 2.75) is 122 Å². The molecule has 77 heavy (non-hydrogen) atoms. The first-order valence-electron chi connectivity index (χ1n) is 27.7. The van der Waals surface area contributed by atoms with Gasteiger partial charge in [-0.2, -0.15) is 5.10 Å². The van der Waals surface area contributed by atoms with Crippen LogP contribution >= 0.6 is 11.3 Å². The predicted octanol–water partition coefficient (Wildman–Crippen LogP) is 7.72. The van der Waals surface area contributed by atoms with Crippen LogP contribution in [0.2, 0.25) is 0 Å². The van der Waals surface area contributed by atoms with E-state index in [-0.39, 0.29) is 54.6 Å². The summed E-state index contributed by atoms with van der Waals surface area (Å²) in [5.41, 5.74) is 14.3. The fourth-order valence-electron chi connectivity index (χ4n) is 12.9. The number of amides is 2. The Morgan fingerprint density at radius 3 is 2.43 bits per heavy atom. The van der Waals surface area contributed by atoms with E-state index in [1.165, 1.54) is 25.7 Å². The number of ether oxygens (including phenoxy) is 1. The molecule has 0 bridgehead atoms. The number of nitrogens with one attached hydrogen (secondary N) is 1. The lowest BCUT2D eigenvalue weighted by Gasteiger charge is -2.56. The van der Waals surface area contributed by atoms with Crippen molar-refractivity contribution in [2.24, 2.45) is 17.3 Å². The third-order valence-corrected chi connectivity index (χ3v) is 18.6. The summed E-state index contributed by atoms with van der Waals surface area (Å²) in [7, 11) is 0. The van der Waals surface area contributed by atoms with Crippen LogP contribution in [0.3, 0.4) is 0 Å². The number of β-amino-alcohol motifs (C(OH)–C–C–N with tert-alkyl or cyclic N) is 1. The van der Waals surface area contributed by atoms with E-state index >= 15 is 0 Å². The summed E-state index contributed by atoms with van der Waals surface area (Å²) < 4.78 is 14.3. The lowest BCUT2D eigenvalue weighted by molar-refractivity contribution is -0.141. The van der Waals surface area contributed by atoms with Crippen molar-refractivity contribution in [2.75, 3.05) is 69.6 Å². The topological polar surface area (TPSA) is 217 Å². The second-order valence-electron chi connectivity index (χ2n) is 23.0. The zero-order valence-electron chi connectivity index (χ0n) is 45.0.